The Hall–Kier alpha value is -19.9. The molecule has 0 amide bonds. The molecule has 9 aromatic carbocycles. The fourth-order valence-electron chi connectivity index (χ4n) is 18.9. The SMILES string of the molecule is c1ccc2nc(CCc3nc4c5ccccc5ccn4n3)ccc2c1.c1ccc2nc(CCc3nc4c5ccccc5ccn4n3)ccc2c1.c1ccc2nc(CCc3nc4c5ncccc5ccn4n3)ccc2c1.c1ccc2nc(CCc3nc4ccc5ccccc5n4n3)ccc2c1.c1ccc2nc(CCc3nc4ccc5ncccc5n4n3)ccc2c1.c1ccc2nc(CCc3nc4ccc5ncccc5n4n3)cnc2c1. The lowest BCUT2D eigenvalue weighted by Crippen LogP contribution is -1.98. The van der Waals surface area contributed by atoms with Crippen LogP contribution in [0.15, 0.2) is 413 Å². The third-order valence-corrected chi connectivity index (χ3v) is 26.5. The normalized spacial score (nSPS) is 11.5. The predicted molar refractivity (Wildman–Crippen MR) is 589 cm³/mol. The number of hydrogen-bond donors (Lipinski definition) is 0. The highest BCUT2D eigenvalue weighted by atomic mass is 15.3. The Bertz CT molecular complexity index is 8740. The number of rotatable bonds is 18. The Kier molecular flexibility index (Phi) is 25.2. The lowest BCUT2D eigenvalue weighted by atomic mass is 10.1. The largest absolute Gasteiger partial charge is 0.255 e. The molecule has 0 atom stereocenters. The van der Waals surface area contributed by atoms with Gasteiger partial charge in [-0.05, 0) is 213 Å². The van der Waals surface area contributed by atoms with Crippen molar-refractivity contribution in [1.29, 1.82) is 0 Å². The Morgan fingerprint density at radius 1 is 0.167 bits per heavy atom. The van der Waals surface area contributed by atoms with Gasteiger partial charge in [0.2, 0.25) is 0 Å². The summed E-state index contributed by atoms with van der Waals surface area (Å²) >= 11 is 0. The van der Waals surface area contributed by atoms with Gasteiger partial charge in [0.15, 0.2) is 68.8 Å². The molecule has 0 saturated heterocycles. The van der Waals surface area contributed by atoms with Crippen LogP contribution in [0.1, 0.15) is 69.1 Å². The molecule has 150 heavy (non-hydrogen) atoms. The van der Waals surface area contributed by atoms with E-state index in [0.29, 0.717) is 0 Å². The van der Waals surface area contributed by atoms with Crippen LogP contribution in [0, 0.1) is 0 Å². The zero-order valence-electron chi connectivity index (χ0n) is 81.3. The predicted octanol–water partition coefficient (Wildman–Crippen LogP) is 22.9. The number of aryl methyl sites for hydroxylation is 12. The van der Waals surface area contributed by atoms with Crippen LogP contribution in [-0.4, -0.2) is 137 Å². The molecule has 0 radical (unpaired) electrons. The molecule has 0 bridgehead atoms. The second-order valence-corrected chi connectivity index (χ2v) is 36.5. The fraction of sp³-hybridized carbons (Fsp3) is 0.0984. The standard InChI is InChI=1S/3C21H16N4.2C20H15N5.C19H14N6/c1-3-7-18-15(5-1)9-11-17(22-18)12-13-20-23-21-14-10-16-6-2-4-8-19(16)25(21)24-20;2*1-3-7-18-15(5-1)13-14-25-21(18)23-20(24-25)12-11-17-10-9-16-6-2-4-8-19(16)22-17;1-2-6-17-14(4-1)7-8-16(22-17)9-10-18-23-20-19-15(5-3-12-21-19)11-13-25(20)24-18;1-2-5-16-14(4-1)7-8-15(22-16)9-11-19-23-20-12-10-17-18(25(20)24-19)6-3-13-21-17;1-2-5-15-14(4-1)21-12-13(22-15)7-9-18-23-19-10-8-16-17(25(19)24-18)6-3-11-20-16/h1-11,14H,12-13H2;2*1-10,13-14H,11-12H2;1-8,11-13H,9-10H2;1-8,10,12-13H,9,11H2;1-6,8,10-12H,7,9H2. The van der Waals surface area contributed by atoms with E-state index in [9.17, 15) is 0 Å². The summed E-state index contributed by atoms with van der Waals surface area (Å²) in [5.74, 6) is 5.00. The van der Waals surface area contributed by atoms with Gasteiger partial charge in [-0.25, -0.2) is 62.0 Å². The molecule has 28 heteroatoms. The van der Waals surface area contributed by atoms with E-state index in [1.54, 1.807) is 23.1 Å². The molecule has 30 rings (SSSR count). The van der Waals surface area contributed by atoms with Crippen molar-refractivity contribution in [3.63, 3.8) is 0 Å². The minimum absolute atomic E-state index is 0.719. The molecular formula is C122H92N28. The number of benzene rings is 9. The van der Waals surface area contributed by atoms with Crippen molar-refractivity contribution in [2.24, 2.45) is 0 Å². The quantitative estimate of drug-likeness (QED) is 0.0770. The lowest BCUT2D eigenvalue weighted by Gasteiger charge is -2.01. The summed E-state index contributed by atoms with van der Waals surface area (Å²) in [5, 5.41) is 40.5. The van der Waals surface area contributed by atoms with Gasteiger partial charge < -0.3 is 0 Å². The number of aromatic nitrogens is 28. The second-order valence-electron chi connectivity index (χ2n) is 36.5. The maximum Gasteiger partial charge on any atom is 0.181 e. The van der Waals surface area contributed by atoms with Crippen molar-refractivity contribution in [2.45, 2.75) is 77.0 Å². The highest BCUT2D eigenvalue weighted by Crippen LogP contribution is 2.28. The van der Waals surface area contributed by atoms with E-state index in [2.05, 4.69) is 216 Å². The van der Waals surface area contributed by atoms with E-state index in [0.717, 1.165) is 279 Å². The topological polar surface area (TPSA) is 310 Å². The molecule has 0 N–H and O–H groups in total. The van der Waals surface area contributed by atoms with Gasteiger partial charge in [0, 0.05) is 159 Å². The Balaban J connectivity index is 0.0000000932. The van der Waals surface area contributed by atoms with E-state index in [1.807, 2.05) is 272 Å². The third-order valence-electron chi connectivity index (χ3n) is 26.5. The molecule has 0 unspecified atom stereocenters. The first-order chi connectivity index (χ1) is 74.2. The Morgan fingerprint density at radius 2 is 0.460 bits per heavy atom. The van der Waals surface area contributed by atoms with Crippen molar-refractivity contribution in [2.75, 3.05) is 0 Å². The van der Waals surface area contributed by atoms with Crippen LogP contribution < -0.4 is 0 Å². The fourth-order valence-corrected chi connectivity index (χ4v) is 18.9. The smallest absolute Gasteiger partial charge is 0.181 e. The van der Waals surface area contributed by atoms with Gasteiger partial charge in [0.05, 0.1) is 71.9 Å². The molecule has 21 heterocycles. The molecule has 21 aromatic heterocycles. The highest BCUT2D eigenvalue weighted by molar-refractivity contribution is 5.95. The van der Waals surface area contributed by atoms with E-state index >= 15 is 0 Å². The average Bonchev–Trinajstić information content (AvgIpc) is 1.64. The summed E-state index contributed by atoms with van der Waals surface area (Å²) in [4.78, 5) is 74.0. The van der Waals surface area contributed by atoms with Crippen LogP contribution in [0.25, 0.3) is 165 Å². The molecule has 0 spiro atoms. The summed E-state index contributed by atoms with van der Waals surface area (Å²) in [6, 6.07) is 125. The Labute approximate surface area is 856 Å². The number of fused-ring (bicyclic) bond motifs is 24. The minimum Gasteiger partial charge on any atom is -0.255 e. The number of hydrogen-bond acceptors (Lipinski definition) is 22. The maximum atomic E-state index is 4.74. The molecule has 0 saturated carbocycles. The van der Waals surface area contributed by atoms with Crippen LogP contribution in [-0.2, 0) is 77.0 Å². The average molecular weight is 1950 g/mol. The van der Waals surface area contributed by atoms with Gasteiger partial charge in [-0.15, -0.1) is 0 Å². The van der Waals surface area contributed by atoms with Crippen molar-refractivity contribution < 1.29 is 0 Å². The molecule has 0 fully saturated rings. The van der Waals surface area contributed by atoms with Crippen molar-refractivity contribution >= 4 is 165 Å². The summed E-state index contributed by atoms with van der Waals surface area (Å²) in [6.45, 7) is 0. The van der Waals surface area contributed by atoms with E-state index in [-0.39, 0.29) is 0 Å². The van der Waals surface area contributed by atoms with E-state index in [4.69, 9.17) is 40.0 Å². The van der Waals surface area contributed by atoms with Gasteiger partial charge in [-0.1, -0.05) is 206 Å². The van der Waals surface area contributed by atoms with E-state index in [1.165, 1.54) is 32.3 Å². The number of nitrogens with zero attached hydrogens (tertiary/aromatic N) is 28. The van der Waals surface area contributed by atoms with Crippen LogP contribution >= 0.6 is 0 Å². The molecule has 30 aromatic rings. The summed E-state index contributed by atoms with van der Waals surface area (Å²) in [7, 11) is 0. The van der Waals surface area contributed by atoms with Gasteiger partial charge >= 0.3 is 0 Å². The summed E-state index contributed by atoms with van der Waals surface area (Å²) < 4.78 is 11.2. The van der Waals surface area contributed by atoms with Crippen molar-refractivity contribution in [1.82, 2.24) is 137 Å². The molecule has 28 nitrogen and oxygen atoms in total. The first-order valence-electron chi connectivity index (χ1n) is 50.1. The van der Waals surface area contributed by atoms with E-state index < -0.39 is 0 Å². The monoisotopic (exact) mass is 1950 g/mol. The van der Waals surface area contributed by atoms with Crippen molar-refractivity contribution in [3.8, 4) is 0 Å². The molecule has 720 valence electrons. The maximum absolute atomic E-state index is 4.74. The lowest BCUT2D eigenvalue weighted by molar-refractivity contribution is 0.824. The Morgan fingerprint density at radius 3 is 0.887 bits per heavy atom. The van der Waals surface area contributed by atoms with Gasteiger partial charge in [0.25, 0.3) is 0 Å². The zero-order valence-corrected chi connectivity index (χ0v) is 81.3. The molecule has 0 aliphatic rings. The molecule has 0 aliphatic carbocycles. The van der Waals surface area contributed by atoms with Crippen molar-refractivity contribution in [3.05, 3.63) is 483 Å². The summed E-state index contributed by atoms with van der Waals surface area (Å²) in [6.07, 6.45) is 22.5. The molecular weight excluding hydrogens is 1860 g/mol. The zero-order chi connectivity index (χ0) is 99.8. The van der Waals surface area contributed by atoms with Crippen LogP contribution in [0.3, 0.4) is 0 Å². The van der Waals surface area contributed by atoms with Gasteiger partial charge in [-0.3, -0.25) is 44.9 Å². The minimum atomic E-state index is 0.719. The van der Waals surface area contributed by atoms with Gasteiger partial charge in [-0.2, -0.15) is 30.6 Å². The van der Waals surface area contributed by atoms with Crippen LogP contribution in [0.4, 0.5) is 0 Å². The van der Waals surface area contributed by atoms with Crippen LogP contribution in [0.5, 0.6) is 0 Å². The van der Waals surface area contributed by atoms with Crippen LogP contribution in [0.2, 0.25) is 0 Å². The third kappa shape index (κ3) is 19.9. The van der Waals surface area contributed by atoms with Gasteiger partial charge in [0.1, 0.15) is 5.52 Å². The second kappa shape index (κ2) is 41.4. The number of para-hydroxylation sites is 8. The molecule has 0 aliphatic heterocycles. The number of pyridine rings is 14. The first kappa shape index (κ1) is 91.3. The summed E-state index contributed by atoms with van der Waals surface area (Å²) in [5.41, 5.74) is 24.2. The first-order valence-corrected chi connectivity index (χ1v) is 50.1. The highest BCUT2D eigenvalue weighted by Gasteiger charge is 2.18.